The number of carbonyl (C=O) groups is 1. The molecule has 1 unspecified atom stereocenters. The van der Waals surface area contributed by atoms with Crippen molar-refractivity contribution in [2.24, 2.45) is 5.92 Å². The summed E-state index contributed by atoms with van der Waals surface area (Å²) in [6.45, 7) is 3.14. The molecule has 0 saturated carbocycles. The van der Waals surface area contributed by atoms with Crippen LogP contribution in [0.4, 0.5) is 0 Å². The Kier molecular flexibility index (Phi) is 6.15. The largest absolute Gasteiger partial charge is 0.492 e. The molecule has 2 N–H and O–H groups in total. The van der Waals surface area contributed by atoms with Gasteiger partial charge < -0.3 is 15.4 Å². The Balaban J connectivity index is 1.53. The minimum atomic E-state index is 0.108. The molecule has 1 aliphatic rings. The lowest BCUT2D eigenvalue weighted by Crippen LogP contribution is -2.28. The van der Waals surface area contributed by atoms with Crippen molar-refractivity contribution in [3.63, 3.8) is 0 Å². The molecule has 1 aliphatic heterocycles. The predicted molar refractivity (Wildman–Crippen MR) is 80.2 cm³/mol. The van der Waals surface area contributed by atoms with Crippen molar-refractivity contribution in [2.45, 2.75) is 19.3 Å². The summed E-state index contributed by atoms with van der Waals surface area (Å²) in [4.78, 5) is 11.7. The van der Waals surface area contributed by atoms with Gasteiger partial charge in [-0.15, -0.1) is 0 Å². The van der Waals surface area contributed by atoms with E-state index in [1.807, 2.05) is 12.1 Å². The third-order valence-corrected chi connectivity index (χ3v) is 3.70. The molecular formula is C15H21ClN2O2. The van der Waals surface area contributed by atoms with Gasteiger partial charge in [-0.3, -0.25) is 4.79 Å². The van der Waals surface area contributed by atoms with Crippen LogP contribution in [-0.4, -0.2) is 32.1 Å². The van der Waals surface area contributed by atoms with Crippen LogP contribution in [0.1, 0.15) is 19.3 Å². The molecule has 0 bridgehead atoms. The SMILES string of the molecule is O=C(CCC1CCNC1)NCCOc1ccc(Cl)cc1. The van der Waals surface area contributed by atoms with Crippen LogP contribution in [0, 0.1) is 5.92 Å². The van der Waals surface area contributed by atoms with E-state index in [-0.39, 0.29) is 5.91 Å². The van der Waals surface area contributed by atoms with Crippen molar-refractivity contribution in [2.75, 3.05) is 26.2 Å². The molecule has 1 aromatic rings. The first-order valence-corrected chi connectivity index (χ1v) is 7.47. The summed E-state index contributed by atoms with van der Waals surface area (Å²) in [5.74, 6) is 1.53. The maximum Gasteiger partial charge on any atom is 0.220 e. The molecular weight excluding hydrogens is 276 g/mol. The fourth-order valence-corrected chi connectivity index (χ4v) is 2.40. The van der Waals surface area contributed by atoms with Crippen LogP contribution in [-0.2, 0) is 4.79 Å². The lowest BCUT2D eigenvalue weighted by atomic mass is 10.0. The molecule has 110 valence electrons. The van der Waals surface area contributed by atoms with E-state index in [1.54, 1.807) is 12.1 Å². The molecule has 0 radical (unpaired) electrons. The quantitative estimate of drug-likeness (QED) is 0.759. The molecule has 2 rings (SSSR count). The Morgan fingerprint density at radius 3 is 2.90 bits per heavy atom. The van der Waals surface area contributed by atoms with Crippen molar-refractivity contribution in [3.8, 4) is 5.75 Å². The van der Waals surface area contributed by atoms with Gasteiger partial charge in [0.15, 0.2) is 0 Å². The third kappa shape index (κ3) is 5.39. The number of ether oxygens (including phenoxy) is 1. The van der Waals surface area contributed by atoms with Gasteiger partial charge in [0.25, 0.3) is 0 Å². The summed E-state index contributed by atoms with van der Waals surface area (Å²) in [7, 11) is 0. The van der Waals surface area contributed by atoms with Crippen molar-refractivity contribution in [1.29, 1.82) is 0 Å². The zero-order chi connectivity index (χ0) is 14.2. The maximum atomic E-state index is 11.7. The minimum Gasteiger partial charge on any atom is -0.492 e. The van der Waals surface area contributed by atoms with Crippen LogP contribution >= 0.6 is 11.6 Å². The molecule has 1 aromatic carbocycles. The number of rotatable bonds is 7. The molecule has 1 saturated heterocycles. The van der Waals surface area contributed by atoms with Crippen LogP contribution in [0.25, 0.3) is 0 Å². The van der Waals surface area contributed by atoms with Crippen molar-refractivity contribution >= 4 is 17.5 Å². The van der Waals surface area contributed by atoms with E-state index in [4.69, 9.17) is 16.3 Å². The normalized spacial score (nSPS) is 17.9. The first-order chi connectivity index (χ1) is 9.74. The first kappa shape index (κ1) is 15.1. The average Bonchev–Trinajstić information content (AvgIpc) is 2.96. The summed E-state index contributed by atoms with van der Waals surface area (Å²) in [5.41, 5.74) is 0. The van der Waals surface area contributed by atoms with E-state index < -0.39 is 0 Å². The van der Waals surface area contributed by atoms with Gasteiger partial charge in [0.2, 0.25) is 5.91 Å². The number of hydrogen-bond donors (Lipinski definition) is 2. The smallest absolute Gasteiger partial charge is 0.220 e. The van der Waals surface area contributed by atoms with E-state index in [1.165, 1.54) is 6.42 Å². The number of amides is 1. The van der Waals surface area contributed by atoms with E-state index >= 15 is 0 Å². The average molecular weight is 297 g/mol. The Bertz CT molecular complexity index is 416. The van der Waals surface area contributed by atoms with E-state index in [2.05, 4.69) is 10.6 Å². The first-order valence-electron chi connectivity index (χ1n) is 7.10. The monoisotopic (exact) mass is 296 g/mol. The van der Waals surface area contributed by atoms with Crippen molar-refractivity contribution in [1.82, 2.24) is 10.6 Å². The second-order valence-corrected chi connectivity index (χ2v) is 5.49. The van der Waals surface area contributed by atoms with Gasteiger partial charge >= 0.3 is 0 Å². The number of hydrogen-bond acceptors (Lipinski definition) is 3. The van der Waals surface area contributed by atoms with Crippen LogP contribution in [0.2, 0.25) is 5.02 Å². The van der Waals surface area contributed by atoms with Gasteiger partial charge in [-0.05, 0) is 56.1 Å². The number of carbonyl (C=O) groups excluding carboxylic acids is 1. The topological polar surface area (TPSA) is 50.4 Å². The summed E-state index contributed by atoms with van der Waals surface area (Å²) >= 11 is 5.79. The highest BCUT2D eigenvalue weighted by Crippen LogP contribution is 2.15. The van der Waals surface area contributed by atoms with Gasteiger partial charge in [0.05, 0.1) is 6.54 Å². The highest BCUT2D eigenvalue weighted by atomic mass is 35.5. The van der Waals surface area contributed by atoms with Gasteiger partial charge in [0.1, 0.15) is 12.4 Å². The molecule has 1 atom stereocenters. The fourth-order valence-electron chi connectivity index (χ4n) is 2.27. The van der Waals surface area contributed by atoms with Crippen LogP contribution < -0.4 is 15.4 Å². The summed E-state index contributed by atoms with van der Waals surface area (Å²) in [6, 6.07) is 7.20. The van der Waals surface area contributed by atoms with Gasteiger partial charge in [-0.25, -0.2) is 0 Å². The summed E-state index contributed by atoms with van der Waals surface area (Å²) < 4.78 is 5.51. The number of nitrogens with one attached hydrogen (secondary N) is 2. The van der Waals surface area contributed by atoms with Crippen LogP contribution in [0.3, 0.4) is 0 Å². The number of benzene rings is 1. The lowest BCUT2D eigenvalue weighted by Gasteiger charge is -2.09. The lowest BCUT2D eigenvalue weighted by molar-refractivity contribution is -0.121. The Morgan fingerprint density at radius 1 is 1.40 bits per heavy atom. The van der Waals surface area contributed by atoms with E-state index in [0.717, 1.165) is 25.3 Å². The number of halogens is 1. The van der Waals surface area contributed by atoms with Gasteiger partial charge in [-0.1, -0.05) is 11.6 Å². The molecule has 0 aliphatic carbocycles. The van der Waals surface area contributed by atoms with E-state index in [0.29, 0.717) is 30.5 Å². The Labute approximate surface area is 124 Å². The molecule has 0 spiro atoms. The molecule has 1 amide bonds. The van der Waals surface area contributed by atoms with Crippen LogP contribution in [0.5, 0.6) is 5.75 Å². The van der Waals surface area contributed by atoms with Crippen LogP contribution in [0.15, 0.2) is 24.3 Å². The minimum absolute atomic E-state index is 0.108. The second-order valence-electron chi connectivity index (χ2n) is 5.05. The molecule has 4 nitrogen and oxygen atoms in total. The molecule has 0 aromatic heterocycles. The molecule has 20 heavy (non-hydrogen) atoms. The predicted octanol–water partition coefficient (Wildman–Crippen LogP) is 2.22. The summed E-state index contributed by atoms with van der Waals surface area (Å²) in [5, 5.41) is 6.87. The van der Waals surface area contributed by atoms with Gasteiger partial charge in [0, 0.05) is 11.4 Å². The third-order valence-electron chi connectivity index (χ3n) is 3.45. The summed E-state index contributed by atoms with van der Waals surface area (Å²) in [6.07, 6.45) is 2.76. The molecule has 1 heterocycles. The molecule has 1 fully saturated rings. The highest BCUT2D eigenvalue weighted by Gasteiger charge is 2.15. The zero-order valence-electron chi connectivity index (χ0n) is 11.5. The van der Waals surface area contributed by atoms with Crippen molar-refractivity contribution in [3.05, 3.63) is 29.3 Å². The zero-order valence-corrected chi connectivity index (χ0v) is 12.3. The fraction of sp³-hybridized carbons (Fsp3) is 0.533. The second kappa shape index (κ2) is 8.12. The Hall–Kier alpha value is -1.26. The Morgan fingerprint density at radius 2 is 2.20 bits per heavy atom. The standard InChI is InChI=1S/C15H21ClN2O2/c16-13-2-4-14(5-3-13)20-10-9-18-15(19)6-1-12-7-8-17-11-12/h2-5,12,17H,1,6-11H2,(H,18,19). The van der Waals surface area contributed by atoms with Gasteiger partial charge in [-0.2, -0.15) is 0 Å². The van der Waals surface area contributed by atoms with E-state index in [9.17, 15) is 4.79 Å². The maximum absolute atomic E-state index is 11.7. The molecule has 5 heteroatoms. The highest BCUT2D eigenvalue weighted by molar-refractivity contribution is 6.30. The van der Waals surface area contributed by atoms with Crippen molar-refractivity contribution < 1.29 is 9.53 Å².